The molecule has 1 amide bonds. The summed E-state index contributed by atoms with van der Waals surface area (Å²) >= 11 is 0. The number of furan rings is 1. The highest BCUT2D eigenvalue weighted by Crippen LogP contribution is 2.25. The summed E-state index contributed by atoms with van der Waals surface area (Å²) in [6.45, 7) is 3.51. The van der Waals surface area contributed by atoms with E-state index in [1.807, 2.05) is 47.4 Å². The maximum absolute atomic E-state index is 12.5. The number of guanidine groups is 1. The maximum atomic E-state index is 12.5. The van der Waals surface area contributed by atoms with Gasteiger partial charge in [0.25, 0.3) is 0 Å². The molecule has 1 aromatic heterocycles. The van der Waals surface area contributed by atoms with Gasteiger partial charge in [-0.1, -0.05) is 18.2 Å². The molecule has 29 heavy (non-hydrogen) atoms. The number of para-hydroxylation sites is 1. The Hall–Kier alpha value is -2.80. The van der Waals surface area contributed by atoms with Crippen LogP contribution in [-0.2, 0) is 4.79 Å². The Bertz CT molecular complexity index is 815. The van der Waals surface area contributed by atoms with Gasteiger partial charge in [-0.25, -0.2) is 0 Å². The van der Waals surface area contributed by atoms with Crippen LogP contribution in [0.5, 0.6) is 0 Å². The van der Waals surface area contributed by atoms with Crippen molar-refractivity contribution in [1.82, 2.24) is 15.5 Å². The van der Waals surface area contributed by atoms with E-state index in [1.54, 1.807) is 13.3 Å². The summed E-state index contributed by atoms with van der Waals surface area (Å²) in [6, 6.07) is 14.0. The number of nitrogens with zero attached hydrogens (tertiary/aromatic N) is 3. The third-order valence-electron chi connectivity index (χ3n) is 5.67. The Morgan fingerprint density at radius 1 is 1.21 bits per heavy atom. The monoisotopic (exact) mass is 395 g/mol. The second kappa shape index (κ2) is 9.13. The smallest absolute Gasteiger partial charge is 0.229 e. The fourth-order valence-electron chi connectivity index (χ4n) is 4.19. The summed E-state index contributed by atoms with van der Waals surface area (Å²) in [6.07, 6.45) is 4.64. The van der Waals surface area contributed by atoms with Crippen molar-refractivity contribution in [3.8, 4) is 0 Å². The van der Waals surface area contributed by atoms with Crippen LogP contribution in [0.15, 0.2) is 58.1 Å². The molecular weight excluding hydrogens is 366 g/mol. The van der Waals surface area contributed by atoms with Gasteiger partial charge in [0.1, 0.15) is 5.76 Å². The molecule has 0 saturated carbocycles. The first-order valence-corrected chi connectivity index (χ1v) is 10.3. The van der Waals surface area contributed by atoms with Crippen LogP contribution in [0.4, 0.5) is 5.69 Å². The topological polar surface area (TPSA) is 73.1 Å². The Labute approximate surface area is 171 Å². The van der Waals surface area contributed by atoms with Crippen LogP contribution in [0.25, 0.3) is 0 Å². The zero-order valence-corrected chi connectivity index (χ0v) is 16.9. The Balaban J connectivity index is 1.35. The first-order chi connectivity index (χ1) is 14.2. The normalized spacial score (nSPS) is 21.6. The number of rotatable bonds is 6. The van der Waals surface area contributed by atoms with Gasteiger partial charge in [-0.05, 0) is 50.2 Å². The van der Waals surface area contributed by atoms with Gasteiger partial charge in [0.05, 0.1) is 18.3 Å². The third-order valence-corrected chi connectivity index (χ3v) is 5.67. The van der Waals surface area contributed by atoms with Crippen LogP contribution >= 0.6 is 0 Å². The molecule has 3 heterocycles. The predicted molar refractivity (Wildman–Crippen MR) is 114 cm³/mol. The Morgan fingerprint density at radius 2 is 2.00 bits per heavy atom. The number of carbonyl (C=O) groups is 1. The largest absolute Gasteiger partial charge is 0.468 e. The first kappa shape index (κ1) is 19.5. The lowest BCUT2D eigenvalue weighted by Gasteiger charge is -2.27. The van der Waals surface area contributed by atoms with Gasteiger partial charge in [0.15, 0.2) is 5.96 Å². The number of hydrogen-bond donors (Lipinski definition) is 2. The minimum Gasteiger partial charge on any atom is -0.468 e. The lowest BCUT2D eigenvalue weighted by atomic mass is 10.2. The average Bonchev–Trinajstić information content (AvgIpc) is 3.51. The van der Waals surface area contributed by atoms with Crippen molar-refractivity contribution < 1.29 is 9.21 Å². The Morgan fingerprint density at radius 3 is 2.69 bits per heavy atom. The van der Waals surface area contributed by atoms with Gasteiger partial charge in [-0.15, -0.1) is 0 Å². The molecule has 0 bridgehead atoms. The van der Waals surface area contributed by atoms with Crippen molar-refractivity contribution in [2.45, 2.75) is 31.3 Å². The molecule has 2 saturated heterocycles. The molecule has 0 radical (unpaired) electrons. The van der Waals surface area contributed by atoms with E-state index in [-0.39, 0.29) is 18.0 Å². The zero-order valence-electron chi connectivity index (χ0n) is 16.9. The van der Waals surface area contributed by atoms with Crippen molar-refractivity contribution in [2.75, 3.05) is 38.1 Å². The van der Waals surface area contributed by atoms with Crippen molar-refractivity contribution in [2.24, 2.45) is 4.99 Å². The van der Waals surface area contributed by atoms with Crippen LogP contribution in [-0.4, -0.2) is 56.0 Å². The summed E-state index contributed by atoms with van der Waals surface area (Å²) in [7, 11) is 1.76. The number of nitrogens with one attached hydrogen (secondary N) is 2. The number of carbonyl (C=O) groups excluding carboxylic acids is 1. The van der Waals surface area contributed by atoms with E-state index >= 15 is 0 Å². The molecule has 154 valence electrons. The van der Waals surface area contributed by atoms with Gasteiger partial charge >= 0.3 is 0 Å². The van der Waals surface area contributed by atoms with E-state index < -0.39 is 0 Å². The summed E-state index contributed by atoms with van der Waals surface area (Å²) in [5, 5.41) is 6.85. The number of likely N-dealkylation sites (tertiary alicyclic amines) is 1. The number of aliphatic imine (C=N–C) groups is 1. The van der Waals surface area contributed by atoms with Gasteiger partial charge in [-0.2, -0.15) is 0 Å². The van der Waals surface area contributed by atoms with Crippen LogP contribution in [0, 0.1) is 0 Å². The van der Waals surface area contributed by atoms with Crippen molar-refractivity contribution in [3.05, 3.63) is 54.5 Å². The highest BCUT2D eigenvalue weighted by Gasteiger charge is 2.31. The molecule has 0 spiro atoms. The van der Waals surface area contributed by atoms with Crippen LogP contribution in [0.2, 0.25) is 0 Å². The zero-order chi connectivity index (χ0) is 20.1. The third kappa shape index (κ3) is 4.62. The molecule has 0 aliphatic carbocycles. The maximum Gasteiger partial charge on any atom is 0.229 e. The highest BCUT2D eigenvalue weighted by molar-refractivity contribution is 5.97. The minimum absolute atomic E-state index is 0.0303. The molecule has 2 aromatic rings. The summed E-state index contributed by atoms with van der Waals surface area (Å²) in [5.74, 6) is 1.82. The lowest BCUT2D eigenvalue weighted by molar-refractivity contribution is -0.117. The van der Waals surface area contributed by atoms with Gasteiger partial charge in [-0.3, -0.25) is 14.7 Å². The molecule has 2 aliphatic rings. The second-order valence-electron chi connectivity index (χ2n) is 7.61. The van der Waals surface area contributed by atoms with Crippen LogP contribution in [0.1, 0.15) is 31.1 Å². The molecule has 4 rings (SSSR count). The van der Waals surface area contributed by atoms with E-state index in [4.69, 9.17) is 4.42 Å². The minimum atomic E-state index is 0.0303. The second-order valence-corrected chi connectivity index (χ2v) is 7.61. The van der Waals surface area contributed by atoms with E-state index in [0.717, 1.165) is 24.5 Å². The number of amides is 1. The van der Waals surface area contributed by atoms with E-state index in [2.05, 4.69) is 20.5 Å². The van der Waals surface area contributed by atoms with E-state index in [1.165, 1.54) is 12.8 Å². The molecular formula is C22H29N5O2. The van der Waals surface area contributed by atoms with Crippen molar-refractivity contribution in [3.63, 3.8) is 0 Å². The van der Waals surface area contributed by atoms with Crippen LogP contribution in [0.3, 0.4) is 0 Å². The number of benzene rings is 1. The first-order valence-electron chi connectivity index (χ1n) is 10.3. The average molecular weight is 396 g/mol. The summed E-state index contributed by atoms with van der Waals surface area (Å²) < 4.78 is 5.69. The summed E-state index contributed by atoms with van der Waals surface area (Å²) in [4.78, 5) is 21.1. The molecule has 2 unspecified atom stereocenters. The van der Waals surface area contributed by atoms with Crippen molar-refractivity contribution in [1.29, 1.82) is 0 Å². The molecule has 7 nitrogen and oxygen atoms in total. The van der Waals surface area contributed by atoms with Crippen molar-refractivity contribution >= 4 is 17.6 Å². The Kier molecular flexibility index (Phi) is 6.14. The molecule has 2 fully saturated rings. The number of hydrogen-bond acceptors (Lipinski definition) is 4. The molecule has 7 heteroatoms. The number of anilines is 1. The fourth-order valence-corrected chi connectivity index (χ4v) is 4.19. The van der Waals surface area contributed by atoms with E-state index in [9.17, 15) is 4.79 Å². The molecule has 2 N–H and O–H groups in total. The van der Waals surface area contributed by atoms with Gasteiger partial charge in [0, 0.05) is 32.2 Å². The molecule has 2 atom stereocenters. The predicted octanol–water partition coefficient (Wildman–Crippen LogP) is 2.39. The quantitative estimate of drug-likeness (QED) is 0.580. The molecule has 2 aliphatic heterocycles. The highest BCUT2D eigenvalue weighted by atomic mass is 16.3. The van der Waals surface area contributed by atoms with Crippen LogP contribution < -0.4 is 15.5 Å². The van der Waals surface area contributed by atoms with Gasteiger partial charge < -0.3 is 20.0 Å². The van der Waals surface area contributed by atoms with Gasteiger partial charge in [0.2, 0.25) is 5.91 Å². The SMILES string of the molecule is CN=C(NCC(c1ccco1)N1CCCC1)NC1CC(=O)N(c2ccccc2)C1. The molecule has 1 aromatic carbocycles. The summed E-state index contributed by atoms with van der Waals surface area (Å²) in [5.41, 5.74) is 0.941. The standard InChI is InChI=1S/C22H29N5O2/c1-23-22(24-15-19(20-10-7-13-29-20)26-11-5-6-12-26)25-17-14-21(28)27(16-17)18-8-3-2-4-9-18/h2-4,7-10,13,17,19H,5-6,11-12,14-16H2,1H3,(H2,23,24,25). The van der Waals surface area contributed by atoms with E-state index in [0.29, 0.717) is 25.5 Å². The lowest BCUT2D eigenvalue weighted by Crippen LogP contribution is -2.47. The fraction of sp³-hybridized carbons (Fsp3) is 0.455.